The molecule has 0 spiro atoms. The Morgan fingerprint density at radius 3 is 1.77 bits per heavy atom. The van der Waals surface area contributed by atoms with E-state index in [9.17, 15) is 71.2 Å². The van der Waals surface area contributed by atoms with Crippen LogP contribution in [0.2, 0.25) is 0 Å². The Kier molecular flexibility index (Phi) is 17.6. The molecule has 24 heteroatoms. The van der Waals surface area contributed by atoms with Gasteiger partial charge >= 0.3 is 5.97 Å². The summed E-state index contributed by atoms with van der Waals surface area (Å²) < 4.78 is 59.6. The van der Waals surface area contributed by atoms with Gasteiger partial charge < -0.3 is 114 Å². The molecule has 13 N–H and O–H groups in total. The number of aliphatic carboxylic acids is 1. The van der Waals surface area contributed by atoms with Gasteiger partial charge in [0.25, 0.3) is 0 Å². The molecule has 81 heavy (non-hydrogen) atoms. The Hall–Kier alpha value is -1.67. The van der Waals surface area contributed by atoms with Crippen molar-refractivity contribution in [2.75, 3.05) is 26.4 Å². The van der Waals surface area contributed by atoms with Gasteiger partial charge in [0.1, 0.15) is 97.7 Å². The Bertz CT molecular complexity index is 2250. The summed E-state index contributed by atoms with van der Waals surface area (Å²) in [4.78, 5) is 13.2. The SMILES string of the molecule is C[C@@H]1O[C@@H](O[C@@H]2CC[C@]3(C)[C@H]4CC=C5[C@H]6CC(C)(C)CC[C@@]6(C(=O)O)CC[C@]5(C)[C@@]4(C)CC[C@H]3C2(C)C)[C@H](O)[C@@H](O)[C@@H]1O[C@@H]1OC[C@@H](O)[C@H](O)[C@H]1O[C@@H]1OC[C@@H](O)[C@@H](O)[C@@H]1O[C@H]1OC[C@H](O[C@H]2O[C@@H](CO)[C@@H](O)[C@@H](O)[C@H]2O)[C@H](O)[C@@H]1O. The van der Waals surface area contributed by atoms with Crippen LogP contribution in [0.5, 0.6) is 0 Å². The molecule has 5 saturated heterocycles. The monoisotopic (exact) mass is 1160 g/mol. The third-order valence-corrected chi connectivity index (χ3v) is 22.4. The van der Waals surface area contributed by atoms with Gasteiger partial charge in [-0.1, -0.05) is 60.1 Å². The lowest BCUT2D eigenvalue weighted by molar-refractivity contribution is -0.389. The number of hydrogen-bond acceptors (Lipinski definition) is 23. The van der Waals surface area contributed by atoms with Crippen LogP contribution < -0.4 is 0 Å². The van der Waals surface area contributed by atoms with Crippen molar-refractivity contribution in [3.8, 4) is 0 Å². The van der Waals surface area contributed by atoms with Crippen molar-refractivity contribution in [2.45, 2.75) is 261 Å². The molecule has 0 bridgehead atoms. The van der Waals surface area contributed by atoms with Crippen LogP contribution in [0.15, 0.2) is 11.6 Å². The second-order valence-electron chi connectivity index (χ2n) is 27.7. The van der Waals surface area contributed by atoms with E-state index in [2.05, 4.69) is 54.5 Å². The molecule has 10 rings (SSSR count). The first-order valence-electron chi connectivity index (χ1n) is 29.4. The largest absolute Gasteiger partial charge is 0.481 e. The molecule has 0 unspecified atom stereocenters. The molecule has 30 atom stereocenters. The Labute approximate surface area is 472 Å². The maximum Gasteiger partial charge on any atom is 0.310 e. The fourth-order valence-electron chi connectivity index (χ4n) is 17.2. The van der Waals surface area contributed by atoms with Gasteiger partial charge in [-0.3, -0.25) is 4.79 Å². The molecule has 4 saturated carbocycles. The number of carboxylic acids is 1. The highest BCUT2D eigenvalue weighted by molar-refractivity contribution is 5.76. The van der Waals surface area contributed by atoms with Gasteiger partial charge in [-0.2, -0.15) is 0 Å². The number of hydrogen-bond donors (Lipinski definition) is 13. The molecule has 5 heterocycles. The van der Waals surface area contributed by atoms with E-state index in [1.807, 2.05) is 0 Å². The summed E-state index contributed by atoms with van der Waals surface area (Å²) in [6, 6.07) is 0. The standard InChI is InChI=1S/C57H92O24/c1-24-43(79-49-45(35(62)28(60)21-72-49)81-50-44(34(61)27(59)22-73-50)80-46-40(67)37(64)30(23-74-46)77-48-41(68)38(65)36(63)29(20-58)76-48)39(66)42(69)47(75-24)78-33-12-13-54(6)31(53(33,4)5)11-14-56(8)32(54)10-9-25-26-19-52(2,3)15-17-57(26,51(70)71)18-16-55(25,56)7/h9,24,26-50,58-69H,10-23H2,1-8H3,(H,70,71)/t24-,26+,27+,28+,29-,30-,31-,32+,33+,34+,35-,36+,37-,38+,39+,40-,41+,42+,43+,44-,45+,46+,47-,48+,49-,50-,54-,55-,56-,57+/m0/s1. The Morgan fingerprint density at radius 2 is 1.14 bits per heavy atom. The summed E-state index contributed by atoms with van der Waals surface area (Å²) in [6.45, 7) is 15.7. The molecule has 5 aliphatic carbocycles. The van der Waals surface area contributed by atoms with Gasteiger partial charge in [0, 0.05) is 0 Å². The minimum Gasteiger partial charge on any atom is -0.481 e. The number of carbonyl (C=O) groups is 1. The van der Waals surface area contributed by atoms with Crippen molar-refractivity contribution in [2.24, 2.45) is 50.2 Å². The average Bonchev–Trinajstić information content (AvgIpc) is 1.11. The van der Waals surface area contributed by atoms with Crippen molar-refractivity contribution < 1.29 is 119 Å². The van der Waals surface area contributed by atoms with E-state index in [0.717, 1.165) is 44.9 Å². The number of aliphatic hydroxyl groups excluding tert-OH is 12. The normalized spacial score (nSPS) is 54.4. The van der Waals surface area contributed by atoms with Crippen LogP contribution in [-0.4, -0.2) is 240 Å². The lowest BCUT2D eigenvalue weighted by atomic mass is 9.33. The Balaban J connectivity index is 0.784. The van der Waals surface area contributed by atoms with Crippen molar-refractivity contribution in [1.29, 1.82) is 0 Å². The predicted octanol–water partition coefficient (Wildman–Crippen LogP) is -0.700. The predicted molar refractivity (Wildman–Crippen MR) is 276 cm³/mol. The van der Waals surface area contributed by atoms with Crippen LogP contribution in [0.4, 0.5) is 0 Å². The maximum atomic E-state index is 13.2. The number of ether oxygens (including phenoxy) is 10. The molecule has 0 aromatic heterocycles. The van der Waals surface area contributed by atoms with Crippen molar-refractivity contribution in [1.82, 2.24) is 0 Å². The summed E-state index contributed by atoms with van der Waals surface area (Å²) in [5, 5.41) is 141. The van der Waals surface area contributed by atoms with E-state index in [1.165, 1.54) is 5.57 Å². The highest BCUT2D eigenvalue weighted by atomic mass is 16.8. The molecule has 464 valence electrons. The first kappa shape index (κ1) is 62.4. The van der Waals surface area contributed by atoms with Gasteiger partial charge in [0.2, 0.25) is 0 Å². The van der Waals surface area contributed by atoms with Crippen LogP contribution in [0, 0.1) is 50.2 Å². The smallest absolute Gasteiger partial charge is 0.310 e. The summed E-state index contributed by atoms with van der Waals surface area (Å²) in [6.07, 6.45) is -25.1. The topological polar surface area (TPSA) is 372 Å². The van der Waals surface area contributed by atoms with Crippen molar-refractivity contribution >= 4 is 5.97 Å². The number of rotatable bonds is 12. The molecule has 9 fully saturated rings. The van der Waals surface area contributed by atoms with Crippen molar-refractivity contribution in [3.05, 3.63) is 11.6 Å². The van der Waals surface area contributed by atoms with E-state index < -0.39 is 178 Å². The molecule has 0 amide bonds. The van der Waals surface area contributed by atoms with Gasteiger partial charge in [-0.05, 0) is 116 Å². The summed E-state index contributed by atoms with van der Waals surface area (Å²) in [5.74, 6) is -0.0592. The molecule has 0 aromatic rings. The van der Waals surface area contributed by atoms with E-state index >= 15 is 0 Å². The van der Waals surface area contributed by atoms with Crippen LogP contribution in [0.25, 0.3) is 0 Å². The quantitative estimate of drug-likeness (QED) is 0.0849. The molecule has 0 radical (unpaired) electrons. The van der Waals surface area contributed by atoms with Crippen LogP contribution >= 0.6 is 0 Å². The fourth-order valence-corrected chi connectivity index (χ4v) is 17.2. The third-order valence-electron chi connectivity index (χ3n) is 22.4. The van der Waals surface area contributed by atoms with Crippen LogP contribution in [0.3, 0.4) is 0 Å². The third kappa shape index (κ3) is 10.5. The highest BCUT2D eigenvalue weighted by Gasteiger charge is 2.70. The molecule has 5 aliphatic heterocycles. The minimum absolute atomic E-state index is 0.0161. The van der Waals surface area contributed by atoms with E-state index in [4.69, 9.17) is 47.4 Å². The van der Waals surface area contributed by atoms with Gasteiger partial charge in [0.05, 0.1) is 44.1 Å². The summed E-state index contributed by atoms with van der Waals surface area (Å²) in [7, 11) is 0. The highest BCUT2D eigenvalue weighted by Crippen LogP contribution is 2.76. The van der Waals surface area contributed by atoms with Crippen molar-refractivity contribution in [3.63, 3.8) is 0 Å². The first-order valence-corrected chi connectivity index (χ1v) is 29.4. The summed E-state index contributed by atoms with van der Waals surface area (Å²) in [5.41, 5.74) is 0.0554. The Morgan fingerprint density at radius 1 is 0.568 bits per heavy atom. The second kappa shape index (κ2) is 22.8. The number of allylic oxidation sites excluding steroid dienone is 2. The molecular weight excluding hydrogens is 1070 g/mol. The molecular formula is C57H92O24. The van der Waals surface area contributed by atoms with Gasteiger partial charge in [-0.25, -0.2) is 0 Å². The van der Waals surface area contributed by atoms with Crippen LogP contribution in [-0.2, 0) is 52.2 Å². The number of carboxylic acid groups (broad SMARTS) is 1. The number of aliphatic hydroxyl groups is 12. The van der Waals surface area contributed by atoms with E-state index in [1.54, 1.807) is 6.92 Å². The van der Waals surface area contributed by atoms with Gasteiger partial charge in [-0.15, -0.1) is 0 Å². The first-order chi connectivity index (χ1) is 37.9. The zero-order valence-electron chi connectivity index (χ0n) is 47.8. The molecule has 24 nitrogen and oxygen atoms in total. The lowest BCUT2D eigenvalue weighted by Crippen LogP contribution is -2.66. The van der Waals surface area contributed by atoms with E-state index in [0.29, 0.717) is 25.2 Å². The van der Waals surface area contributed by atoms with Crippen LogP contribution in [0.1, 0.15) is 120 Å². The summed E-state index contributed by atoms with van der Waals surface area (Å²) >= 11 is 0. The molecule has 10 aliphatic rings. The zero-order chi connectivity index (χ0) is 58.8. The maximum absolute atomic E-state index is 13.2. The minimum atomic E-state index is -1.96. The molecule has 0 aromatic carbocycles. The number of fused-ring (bicyclic) bond motifs is 7. The zero-order valence-corrected chi connectivity index (χ0v) is 47.8. The van der Waals surface area contributed by atoms with E-state index in [-0.39, 0.29) is 39.6 Å². The average molecular weight is 1160 g/mol. The van der Waals surface area contributed by atoms with Gasteiger partial charge in [0.15, 0.2) is 31.5 Å². The fraction of sp³-hybridized carbons (Fsp3) is 0.947. The lowest BCUT2D eigenvalue weighted by Gasteiger charge is -2.71. The second-order valence-corrected chi connectivity index (χ2v) is 27.7.